The third-order valence-corrected chi connectivity index (χ3v) is 7.67. The second-order valence-corrected chi connectivity index (χ2v) is 10.2. The number of rotatable bonds is 7. The second kappa shape index (κ2) is 7.93. The van der Waals surface area contributed by atoms with Crippen LogP contribution in [0.1, 0.15) is 22.8 Å². The predicted molar refractivity (Wildman–Crippen MR) is 104 cm³/mol. The van der Waals surface area contributed by atoms with Crippen LogP contribution >= 0.6 is 0 Å². The molecule has 0 spiro atoms. The van der Waals surface area contributed by atoms with Gasteiger partial charge in [0.05, 0.1) is 11.3 Å². The maximum atomic E-state index is 12.4. The summed E-state index contributed by atoms with van der Waals surface area (Å²) in [6.45, 7) is 0. The summed E-state index contributed by atoms with van der Waals surface area (Å²) in [6.07, 6.45) is -0.182. The summed E-state index contributed by atoms with van der Waals surface area (Å²) >= 11 is 0. The van der Waals surface area contributed by atoms with Crippen LogP contribution in [0.5, 0.6) is 0 Å². The van der Waals surface area contributed by atoms with Crippen molar-refractivity contribution in [3.63, 3.8) is 0 Å². The van der Waals surface area contributed by atoms with Crippen LogP contribution in [-0.4, -0.2) is 34.7 Å². The highest BCUT2D eigenvalue weighted by Crippen LogP contribution is 2.30. The van der Waals surface area contributed by atoms with Gasteiger partial charge in [0.1, 0.15) is 11.3 Å². The zero-order chi connectivity index (χ0) is 21.2. The van der Waals surface area contributed by atoms with Crippen LogP contribution < -0.4 is 15.2 Å². The van der Waals surface area contributed by atoms with E-state index in [0.29, 0.717) is 11.1 Å². The van der Waals surface area contributed by atoms with Gasteiger partial charge in [0, 0.05) is 0 Å². The summed E-state index contributed by atoms with van der Waals surface area (Å²) in [5.74, 6) is -1.41. The van der Waals surface area contributed by atoms with E-state index in [2.05, 4.69) is 4.72 Å². The highest BCUT2D eigenvalue weighted by Gasteiger charge is 2.37. The van der Waals surface area contributed by atoms with Crippen molar-refractivity contribution in [1.29, 1.82) is 0 Å². The molecule has 1 unspecified atom stereocenters. The van der Waals surface area contributed by atoms with Crippen molar-refractivity contribution in [1.82, 2.24) is 9.44 Å². The van der Waals surface area contributed by atoms with E-state index in [1.54, 1.807) is 30.3 Å². The summed E-state index contributed by atoms with van der Waals surface area (Å²) in [7, 11) is -7.70. The summed E-state index contributed by atoms with van der Waals surface area (Å²) in [5, 5.41) is -0.979. The Hall–Kier alpha value is -2.76. The molecule has 2 atom stereocenters. The lowest BCUT2D eigenvalue weighted by molar-refractivity contribution is -0.120. The van der Waals surface area contributed by atoms with Crippen molar-refractivity contribution in [3.8, 4) is 0 Å². The smallest absolute Gasteiger partial charge is 0.242 e. The molecule has 3 rings (SSSR count). The molecule has 0 bridgehead atoms. The fourth-order valence-corrected chi connectivity index (χ4v) is 5.66. The van der Waals surface area contributed by atoms with Gasteiger partial charge in [-0.2, -0.15) is 4.72 Å². The number of hydrogen-bond acceptors (Lipinski definition) is 6. The molecular formula is C18H19N3O6S2. The van der Waals surface area contributed by atoms with E-state index < -0.39 is 43.2 Å². The minimum atomic E-state index is -3.94. The number of nitrogens with two attached hydrogens (primary N) is 1. The van der Waals surface area contributed by atoms with Crippen LogP contribution in [0.4, 0.5) is 0 Å². The molecule has 2 aromatic rings. The van der Waals surface area contributed by atoms with Gasteiger partial charge >= 0.3 is 0 Å². The van der Waals surface area contributed by atoms with Crippen LogP contribution in [0, 0.1) is 0 Å². The number of sulfonamides is 2. The maximum Gasteiger partial charge on any atom is 0.242 e. The Morgan fingerprint density at radius 2 is 1.76 bits per heavy atom. The third kappa shape index (κ3) is 4.81. The van der Waals surface area contributed by atoms with Crippen LogP contribution in [0.3, 0.4) is 0 Å². The van der Waals surface area contributed by atoms with E-state index in [1.807, 2.05) is 4.72 Å². The van der Waals surface area contributed by atoms with Crippen molar-refractivity contribution in [3.05, 3.63) is 65.7 Å². The first-order chi connectivity index (χ1) is 13.6. The molecular weight excluding hydrogens is 418 g/mol. The van der Waals surface area contributed by atoms with Gasteiger partial charge in [0.15, 0.2) is 0 Å². The van der Waals surface area contributed by atoms with E-state index in [9.17, 15) is 26.4 Å². The first kappa shape index (κ1) is 21.0. The van der Waals surface area contributed by atoms with E-state index in [1.165, 1.54) is 24.3 Å². The molecule has 0 radical (unpaired) electrons. The fourth-order valence-electron chi connectivity index (χ4n) is 3.01. The van der Waals surface area contributed by atoms with Gasteiger partial charge in [-0.1, -0.05) is 42.5 Å². The quantitative estimate of drug-likeness (QED) is 0.552. The summed E-state index contributed by atoms with van der Waals surface area (Å²) in [6, 6.07) is 12.6. The lowest BCUT2D eigenvalue weighted by Gasteiger charge is -2.16. The summed E-state index contributed by atoms with van der Waals surface area (Å²) < 4.78 is 53.0. The number of benzene rings is 2. The Morgan fingerprint density at radius 1 is 1.14 bits per heavy atom. The first-order valence-electron chi connectivity index (χ1n) is 8.58. The van der Waals surface area contributed by atoms with Crippen molar-refractivity contribution in [2.24, 2.45) is 5.73 Å². The molecule has 0 saturated carbocycles. The molecule has 2 amide bonds. The normalized spacial score (nSPS) is 19.4. The number of nitrogens with one attached hydrogen (secondary N) is 2. The summed E-state index contributed by atoms with van der Waals surface area (Å²) in [5.41, 5.74) is 6.36. The van der Waals surface area contributed by atoms with Gasteiger partial charge in [0.2, 0.25) is 31.9 Å². The third-order valence-electron chi connectivity index (χ3n) is 4.49. The molecule has 9 nitrogen and oxygen atoms in total. The molecule has 4 N–H and O–H groups in total. The van der Waals surface area contributed by atoms with E-state index in [-0.39, 0.29) is 17.7 Å². The number of primary amides is 1. The molecule has 154 valence electrons. The minimum Gasteiger partial charge on any atom is -0.368 e. The number of carbonyl (C=O) groups excluding carboxylic acids is 2. The Labute approximate surface area is 168 Å². The van der Waals surface area contributed by atoms with E-state index in [0.717, 1.165) is 0 Å². The van der Waals surface area contributed by atoms with Gasteiger partial charge in [-0.15, -0.1) is 0 Å². The molecule has 1 heterocycles. The topological polar surface area (TPSA) is 152 Å². The number of amides is 2. The van der Waals surface area contributed by atoms with Crippen molar-refractivity contribution in [2.45, 2.75) is 29.0 Å². The van der Waals surface area contributed by atoms with Crippen LogP contribution in [0.15, 0.2) is 59.5 Å². The Morgan fingerprint density at radius 3 is 2.28 bits per heavy atom. The van der Waals surface area contributed by atoms with Gasteiger partial charge < -0.3 is 5.73 Å². The molecule has 2 aromatic carbocycles. The van der Waals surface area contributed by atoms with Gasteiger partial charge in [-0.3, -0.25) is 14.3 Å². The largest absolute Gasteiger partial charge is 0.368 e. The molecule has 0 aliphatic carbocycles. The SMILES string of the molecule is NC(=O)[C@H](Cc1ccc(C2CC(=O)NS2(=O)=O)cc1)NS(=O)(=O)c1ccccc1. The Kier molecular flexibility index (Phi) is 5.73. The number of carbonyl (C=O) groups is 2. The first-order valence-corrected chi connectivity index (χ1v) is 11.6. The monoisotopic (exact) mass is 437 g/mol. The molecule has 11 heteroatoms. The van der Waals surface area contributed by atoms with Crippen molar-refractivity contribution < 1.29 is 26.4 Å². The van der Waals surface area contributed by atoms with Crippen molar-refractivity contribution in [2.75, 3.05) is 0 Å². The molecule has 1 saturated heterocycles. The van der Waals surface area contributed by atoms with Crippen LogP contribution in [0.2, 0.25) is 0 Å². The lowest BCUT2D eigenvalue weighted by Crippen LogP contribution is -2.45. The zero-order valence-electron chi connectivity index (χ0n) is 15.1. The Balaban J connectivity index is 1.76. The van der Waals surface area contributed by atoms with Gasteiger partial charge in [-0.25, -0.2) is 16.8 Å². The lowest BCUT2D eigenvalue weighted by atomic mass is 10.0. The van der Waals surface area contributed by atoms with Crippen molar-refractivity contribution >= 4 is 31.9 Å². The standard InChI is InChI=1S/C18H19N3O6S2/c19-18(23)15(20-28(24,25)14-4-2-1-3-5-14)10-12-6-8-13(9-7-12)16-11-17(22)21-29(16,26)27/h1-9,15-16,20H,10-11H2,(H2,19,23)(H,21,22)/t15-,16?/m0/s1. The summed E-state index contributed by atoms with van der Waals surface area (Å²) in [4.78, 5) is 23.2. The minimum absolute atomic E-state index is 0.00482. The average molecular weight is 437 g/mol. The molecule has 1 fully saturated rings. The maximum absolute atomic E-state index is 12.4. The zero-order valence-corrected chi connectivity index (χ0v) is 16.7. The molecule has 29 heavy (non-hydrogen) atoms. The Bertz CT molecular complexity index is 1130. The van der Waals surface area contributed by atoms with E-state index in [4.69, 9.17) is 5.73 Å². The van der Waals surface area contributed by atoms with E-state index >= 15 is 0 Å². The predicted octanol–water partition coefficient (Wildman–Crippen LogP) is -0.0477. The van der Waals surface area contributed by atoms with Gasteiger partial charge in [-0.05, 0) is 29.7 Å². The van der Waals surface area contributed by atoms with Gasteiger partial charge in [0.25, 0.3) is 0 Å². The number of hydrogen-bond donors (Lipinski definition) is 3. The average Bonchev–Trinajstić information content (AvgIpc) is 2.94. The molecule has 1 aliphatic rings. The molecule has 1 aliphatic heterocycles. The highest BCUT2D eigenvalue weighted by molar-refractivity contribution is 7.90. The van der Waals surface area contributed by atoms with Crippen LogP contribution in [0.25, 0.3) is 0 Å². The molecule has 0 aromatic heterocycles. The highest BCUT2D eigenvalue weighted by atomic mass is 32.2. The second-order valence-electron chi connectivity index (χ2n) is 6.60. The van der Waals surface area contributed by atoms with Crippen LogP contribution in [-0.2, 0) is 36.1 Å². The fraction of sp³-hybridized carbons (Fsp3) is 0.222.